The lowest BCUT2D eigenvalue weighted by Gasteiger charge is -2.51. The number of ether oxygens (including phenoxy) is 2. The largest absolute Gasteiger partial charge is 0.511 e. The Hall–Kier alpha value is -2.78. The number of nitrogens with one attached hydrogen (secondary N) is 2. The normalized spacial score (nSPS) is 36.4. The Kier molecular flexibility index (Phi) is 9.84. The molecule has 52 heavy (non-hydrogen) atoms. The monoisotopic (exact) mass is 752 g/mol. The van der Waals surface area contributed by atoms with Crippen molar-refractivity contribution in [2.45, 2.75) is 94.4 Å². The van der Waals surface area contributed by atoms with Crippen LogP contribution in [0.4, 0.5) is 0 Å². The summed E-state index contributed by atoms with van der Waals surface area (Å²) < 4.78 is 12.2. The first-order valence-corrected chi connectivity index (χ1v) is 21.1. The van der Waals surface area contributed by atoms with Crippen molar-refractivity contribution in [3.05, 3.63) is 76.4 Å². The molecule has 4 aliphatic carbocycles. The molecule has 1 saturated heterocycles. The van der Waals surface area contributed by atoms with Gasteiger partial charge >= 0.3 is 0 Å². The van der Waals surface area contributed by atoms with Gasteiger partial charge in [0.2, 0.25) is 6.29 Å². The first kappa shape index (κ1) is 36.2. The van der Waals surface area contributed by atoms with Crippen LogP contribution in [0.1, 0.15) is 84.9 Å². The zero-order valence-electron chi connectivity index (χ0n) is 29.1. The van der Waals surface area contributed by atoms with Crippen LogP contribution in [0.15, 0.2) is 65.2 Å². The number of Topliss-reactive ketones (excluding diaryl/α,β-unsaturated/α-hetero) is 2. The van der Waals surface area contributed by atoms with Gasteiger partial charge in [-0.2, -0.15) is 0 Å². The quantitative estimate of drug-likeness (QED) is 0.211. The van der Waals surface area contributed by atoms with Gasteiger partial charge in [0.1, 0.15) is 40.8 Å². The van der Waals surface area contributed by atoms with E-state index in [0.29, 0.717) is 12.4 Å². The van der Waals surface area contributed by atoms with Crippen molar-refractivity contribution in [3.8, 4) is 5.75 Å². The number of aliphatic hydroxyl groups excluding tert-OH is 4. The lowest BCUT2D eigenvalue weighted by molar-refractivity contribution is -0.319. The summed E-state index contributed by atoms with van der Waals surface area (Å²) in [4.78, 5) is 29.6. The van der Waals surface area contributed by atoms with Gasteiger partial charge in [-0.3, -0.25) is 9.59 Å². The molecule has 3 aliphatic heterocycles. The molecule has 2 saturated carbocycles. The van der Waals surface area contributed by atoms with E-state index in [0.717, 1.165) is 74.8 Å². The number of aliphatic hydroxyl groups is 5. The van der Waals surface area contributed by atoms with E-state index in [1.54, 1.807) is 18.2 Å². The maximum absolute atomic E-state index is 15.0. The van der Waals surface area contributed by atoms with Crippen LogP contribution in [-0.4, -0.2) is 92.1 Å². The minimum absolute atomic E-state index is 0.0221. The van der Waals surface area contributed by atoms with Crippen molar-refractivity contribution in [3.63, 3.8) is 0 Å². The smallest absolute Gasteiger partial charge is 0.229 e. The van der Waals surface area contributed by atoms with Crippen LogP contribution < -0.4 is 15.4 Å². The van der Waals surface area contributed by atoms with Crippen LogP contribution in [0, 0.1) is 22.7 Å². The topological polar surface area (TPSA) is 178 Å². The summed E-state index contributed by atoms with van der Waals surface area (Å²) in [5, 5.41) is 65.0. The third kappa shape index (κ3) is 5.86. The zero-order chi connectivity index (χ0) is 36.3. The van der Waals surface area contributed by atoms with Crippen molar-refractivity contribution >= 4 is 33.2 Å². The second kappa shape index (κ2) is 14.1. The lowest BCUT2D eigenvalue weighted by atomic mass is 9.59. The molecule has 7 aliphatic rings. The molecule has 7 N–H and O–H groups in total. The molecule has 6 bridgehead atoms. The zero-order valence-corrected chi connectivity index (χ0v) is 30.7. The Morgan fingerprint density at radius 2 is 1.75 bits per heavy atom. The van der Waals surface area contributed by atoms with Crippen molar-refractivity contribution in [1.29, 1.82) is 0 Å². The number of rotatable bonds is 2. The Bertz CT molecular complexity index is 1730. The van der Waals surface area contributed by atoms with Gasteiger partial charge in [0.15, 0.2) is 11.6 Å². The first-order valence-electron chi connectivity index (χ1n) is 18.6. The standard InChI is InChI=1S/C39H48N2O9S2/c42-18-28-33(45)39(48)19-37(12-4-5-13-37)24-11-14-40-30(17-24)41-21-52-51-20-38-26(15-23(16-29(38)43)22-7-2-1-3-8-22)32(44)25-9-6-10-27(31(25)34(38)46)49-36(50-28)35(39)47/h6,9-11,15-17,22,26,28,33,35-36,40-43,45,47-48H,1-5,7-8,12-14,18-21H2/t26-,28-,33-,35+,36-,38+,39+/m1/s1. The molecule has 2 spiro atoms. The van der Waals surface area contributed by atoms with E-state index in [1.165, 1.54) is 27.7 Å². The molecule has 13 heteroatoms. The van der Waals surface area contributed by atoms with Gasteiger partial charge in [-0.1, -0.05) is 78.0 Å². The van der Waals surface area contributed by atoms with Gasteiger partial charge in [0, 0.05) is 17.9 Å². The number of hydrogen-bond acceptors (Lipinski definition) is 13. The van der Waals surface area contributed by atoms with Crippen LogP contribution in [0.25, 0.3) is 0 Å². The highest BCUT2D eigenvalue weighted by Crippen LogP contribution is 2.56. The minimum atomic E-state index is -2.17. The summed E-state index contributed by atoms with van der Waals surface area (Å²) in [5.41, 5.74) is -2.34. The maximum Gasteiger partial charge on any atom is 0.229 e. The molecule has 8 rings (SSSR count). The van der Waals surface area contributed by atoms with E-state index in [2.05, 4.69) is 16.7 Å². The molecule has 1 aromatic carbocycles. The molecule has 0 aromatic heterocycles. The molecule has 7 atom stereocenters. The van der Waals surface area contributed by atoms with Crippen LogP contribution in [0.3, 0.4) is 0 Å². The second-order valence-electron chi connectivity index (χ2n) is 15.5. The van der Waals surface area contributed by atoms with Crippen LogP contribution in [-0.2, 0) is 4.74 Å². The van der Waals surface area contributed by atoms with E-state index >= 15 is 4.79 Å². The molecule has 3 fully saturated rings. The van der Waals surface area contributed by atoms with E-state index in [1.807, 2.05) is 12.2 Å². The predicted octanol–water partition coefficient (Wildman–Crippen LogP) is 4.44. The van der Waals surface area contributed by atoms with E-state index in [4.69, 9.17) is 9.47 Å². The molecule has 1 aromatic rings. The van der Waals surface area contributed by atoms with Crippen molar-refractivity contribution in [2.75, 3.05) is 24.8 Å². The number of carbonyl (C=O) groups is 2. The summed E-state index contributed by atoms with van der Waals surface area (Å²) in [5.74, 6) is -0.345. The van der Waals surface area contributed by atoms with Gasteiger partial charge in [0.25, 0.3) is 0 Å². The van der Waals surface area contributed by atoms with Crippen molar-refractivity contribution < 1.29 is 44.6 Å². The highest BCUT2D eigenvalue weighted by atomic mass is 33.1. The third-order valence-corrected chi connectivity index (χ3v) is 14.9. The van der Waals surface area contributed by atoms with E-state index < -0.39 is 59.3 Å². The third-order valence-electron chi connectivity index (χ3n) is 12.7. The van der Waals surface area contributed by atoms with Crippen molar-refractivity contribution in [2.24, 2.45) is 22.7 Å². The summed E-state index contributed by atoms with van der Waals surface area (Å²) in [7, 11) is 2.90. The molecular formula is C39H48N2O9S2. The second-order valence-corrected chi connectivity index (χ2v) is 18.0. The summed E-state index contributed by atoms with van der Waals surface area (Å²) >= 11 is 0. The van der Waals surface area contributed by atoms with E-state index in [9.17, 15) is 30.3 Å². The molecular weight excluding hydrogens is 705 g/mol. The number of carbonyl (C=O) groups excluding carboxylic acids is 2. The lowest BCUT2D eigenvalue weighted by Crippen LogP contribution is -2.69. The molecule has 280 valence electrons. The predicted molar refractivity (Wildman–Crippen MR) is 197 cm³/mol. The number of ketones is 2. The maximum atomic E-state index is 15.0. The highest BCUT2D eigenvalue weighted by molar-refractivity contribution is 8.76. The molecule has 3 heterocycles. The molecule has 11 nitrogen and oxygen atoms in total. The first-order chi connectivity index (χ1) is 25.1. The molecule has 0 unspecified atom stereocenters. The van der Waals surface area contributed by atoms with Crippen molar-refractivity contribution in [1.82, 2.24) is 10.6 Å². The number of fused-ring (bicyclic) bond motifs is 4. The summed E-state index contributed by atoms with van der Waals surface area (Å²) in [6, 6.07) is 4.69. The fraction of sp³-hybridized carbons (Fsp3) is 0.590. The van der Waals surface area contributed by atoms with Crippen LogP contribution in [0.5, 0.6) is 5.75 Å². The Morgan fingerprint density at radius 1 is 0.962 bits per heavy atom. The number of hydrogen-bond donors (Lipinski definition) is 7. The van der Waals surface area contributed by atoms with Gasteiger partial charge in [-0.05, 0) is 72.8 Å². The number of allylic oxidation sites excluding steroid dienone is 6. The summed E-state index contributed by atoms with van der Waals surface area (Å²) in [6.45, 7) is -0.123. The van der Waals surface area contributed by atoms with Gasteiger partial charge in [0.05, 0.1) is 29.8 Å². The van der Waals surface area contributed by atoms with Gasteiger partial charge in [-0.15, -0.1) is 0 Å². The average molecular weight is 753 g/mol. The summed E-state index contributed by atoms with van der Waals surface area (Å²) in [6.07, 6.45) is 9.81. The number of dihydropyridines is 1. The fourth-order valence-electron chi connectivity index (χ4n) is 9.85. The average Bonchev–Trinajstić information content (AvgIpc) is 3.64. The highest BCUT2D eigenvalue weighted by Gasteiger charge is 2.61. The Labute approximate surface area is 311 Å². The Balaban J connectivity index is 1.24. The van der Waals surface area contributed by atoms with Gasteiger partial charge in [-0.25, -0.2) is 0 Å². The molecule has 0 amide bonds. The SMILES string of the molecule is O=C1c2cccc3c2C(=O)[C@]2(CSSCNC4=CC(=CCN4)C4(CCCC4)C[C@]4(O)[C@H](O)[C@@H](CO)O[C@@H](O3)[C@@H]4O)C(O)=CC(C3CCCCC3)=C[C@H]12. The van der Waals surface area contributed by atoms with Gasteiger partial charge < -0.3 is 45.6 Å². The number of benzene rings is 1. The Morgan fingerprint density at radius 3 is 2.52 bits per heavy atom. The van der Waals surface area contributed by atoms with Crippen LogP contribution in [0.2, 0.25) is 0 Å². The van der Waals surface area contributed by atoms with Crippen LogP contribution >= 0.6 is 21.6 Å². The van der Waals surface area contributed by atoms with E-state index in [-0.39, 0.29) is 46.5 Å². The minimum Gasteiger partial charge on any atom is -0.511 e. The molecule has 0 radical (unpaired) electrons. The fourth-order valence-corrected chi connectivity index (χ4v) is 12.1.